The number of amides is 1. The Labute approximate surface area is 173 Å². The van der Waals surface area contributed by atoms with Crippen molar-refractivity contribution in [1.29, 1.82) is 0 Å². The standard InChI is InChI=1S/C21H18N2O6S/c22-30(26,27)17-12-10-15(11-13-17)23-20(24)14-28-21(25)18-8-4-5-9-19(18)29-16-6-2-1-3-7-16/h1-13H,14H2,(H,23,24)(H2,22,26,27). The molecule has 0 heterocycles. The second kappa shape index (κ2) is 9.21. The van der Waals surface area contributed by atoms with Crippen LogP contribution in [-0.2, 0) is 19.6 Å². The SMILES string of the molecule is NS(=O)(=O)c1ccc(NC(=O)COC(=O)c2ccccc2Oc2ccccc2)cc1. The third kappa shape index (κ3) is 5.66. The predicted octanol–water partition coefficient (Wildman–Crippen LogP) is 2.92. The predicted molar refractivity (Wildman–Crippen MR) is 110 cm³/mol. The Kier molecular flexibility index (Phi) is 6.45. The number of rotatable bonds is 7. The van der Waals surface area contributed by atoms with E-state index < -0.39 is 28.5 Å². The summed E-state index contributed by atoms with van der Waals surface area (Å²) in [5.41, 5.74) is 0.503. The second-order valence-electron chi connectivity index (χ2n) is 6.10. The van der Waals surface area contributed by atoms with Gasteiger partial charge >= 0.3 is 5.97 Å². The molecule has 0 spiro atoms. The smallest absolute Gasteiger partial charge is 0.342 e. The minimum Gasteiger partial charge on any atom is -0.456 e. The highest BCUT2D eigenvalue weighted by Crippen LogP contribution is 2.25. The summed E-state index contributed by atoms with van der Waals surface area (Å²) in [4.78, 5) is 24.4. The molecule has 3 aromatic carbocycles. The molecular formula is C21H18N2O6S. The molecule has 3 rings (SSSR count). The van der Waals surface area contributed by atoms with Crippen LogP contribution >= 0.6 is 0 Å². The van der Waals surface area contributed by atoms with E-state index >= 15 is 0 Å². The van der Waals surface area contributed by atoms with Crippen LogP contribution in [0.3, 0.4) is 0 Å². The van der Waals surface area contributed by atoms with Crippen LogP contribution < -0.4 is 15.2 Å². The fourth-order valence-corrected chi connectivity index (χ4v) is 2.99. The quantitative estimate of drug-likeness (QED) is 0.560. The highest BCUT2D eigenvalue weighted by molar-refractivity contribution is 7.89. The summed E-state index contributed by atoms with van der Waals surface area (Å²) in [5.74, 6) is -0.458. The fourth-order valence-electron chi connectivity index (χ4n) is 2.47. The average molecular weight is 426 g/mol. The highest BCUT2D eigenvalue weighted by Gasteiger charge is 2.16. The van der Waals surface area contributed by atoms with Crippen molar-refractivity contribution in [1.82, 2.24) is 0 Å². The molecule has 0 saturated heterocycles. The first-order valence-corrected chi connectivity index (χ1v) is 10.3. The third-order valence-electron chi connectivity index (χ3n) is 3.88. The molecule has 3 aromatic rings. The largest absolute Gasteiger partial charge is 0.456 e. The lowest BCUT2D eigenvalue weighted by Crippen LogP contribution is -2.21. The van der Waals surface area contributed by atoms with Gasteiger partial charge in [-0.05, 0) is 48.5 Å². The molecule has 30 heavy (non-hydrogen) atoms. The summed E-state index contributed by atoms with van der Waals surface area (Å²) in [7, 11) is -3.82. The highest BCUT2D eigenvalue weighted by atomic mass is 32.2. The maximum atomic E-state index is 12.4. The first-order valence-electron chi connectivity index (χ1n) is 8.75. The zero-order valence-electron chi connectivity index (χ0n) is 15.6. The lowest BCUT2D eigenvalue weighted by atomic mass is 10.2. The van der Waals surface area contributed by atoms with E-state index in [1.807, 2.05) is 6.07 Å². The molecule has 0 aromatic heterocycles. The third-order valence-corrected chi connectivity index (χ3v) is 4.81. The molecule has 0 aliphatic heterocycles. The summed E-state index contributed by atoms with van der Waals surface area (Å²) >= 11 is 0. The second-order valence-corrected chi connectivity index (χ2v) is 7.67. The normalized spacial score (nSPS) is 10.8. The van der Waals surface area contributed by atoms with E-state index in [1.54, 1.807) is 42.5 Å². The van der Waals surface area contributed by atoms with Crippen LogP contribution in [0.15, 0.2) is 83.8 Å². The van der Waals surface area contributed by atoms with Crippen LogP contribution in [-0.4, -0.2) is 26.9 Å². The Hall–Kier alpha value is -3.69. The molecule has 0 aliphatic carbocycles. The van der Waals surface area contributed by atoms with E-state index in [9.17, 15) is 18.0 Å². The monoisotopic (exact) mass is 426 g/mol. The summed E-state index contributed by atoms with van der Waals surface area (Å²) in [5, 5.41) is 7.52. The average Bonchev–Trinajstić information content (AvgIpc) is 2.73. The van der Waals surface area contributed by atoms with Crippen molar-refractivity contribution in [3.05, 3.63) is 84.4 Å². The number of primary sulfonamides is 1. The van der Waals surface area contributed by atoms with Gasteiger partial charge in [-0.2, -0.15) is 0 Å². The van der Waals surface area contributed by atoms with Gasteiger partial charge in [-0.3, -0.25) is 4.79 Å². The molecule has 1 amide bonds. The van der Waals surface area contributed by atoms with Crippen molar-refractivity contribution >= 4 is 27.6 Å². The summed E-state index contributed by atoms with van der Waals surface area (Å²) in [6.45, 7) is -0.532. The van der Waals surface area contributed by atoms with Crippen molar-refractivity contribution in [2.75, 3.05) is 11.9 Å². The number of para-hydroxylation sites is 2. The Morgan fingerprint density at radius 2 is 1.50 bits per heavy atom. The number of anilines is 1. The number of hydrogen-bond donors (Lipinski definition) is 2. The van der Waals surface area contributed by atoms with E-state index in [0.717, 1.165) is 0 Å². The number of nitrogens with one attached hydrogen (secondary N) is 1. The molecule has 9 heteroatoms. The van der Waals surface area contributed by atoms with Crippen molar-refractivity contribution < 1.29 is 27.5 Å². The van der Waals surface area contributed by atoms with Gasteiger partial charge in [0.1, 0.15) is 17.1 Å². The Morgan fingerprint density at radius 3 is 2.17 bits per heavy atom. The zero-order chi connectivity index (χ0) is 21.6. The van der Waals surface area contributed by atoms with E-state index in [-0.39, 0.29) is 10.5 Å². The lowest BCUT2D eigenvalue weighted by molar-refractivity contribution is -0.119. The molecule has 0 radical (unpaired) electrons. The number of carbonyl (C=O) groups is 2. The van der Waals surface area contributed by atoms with Crippen LogP contribution in [0.25, 0.3) is 0 Å². The van der Waals surface area contributed by atoms with Crippen LogP contribution in [0.1, 0.15) is 10.4 Å². The maximum absolute atomic E-state index is 12.4. The van der Waals surface area contributed by atoms with Crippen molar-refractivity contribution in [3.8, 4) is 11.5 Å². The number of hydrogen-bond acceptors (Lipinski definition) is 6. The van der Waals surface area contributed by atoms with E-state index in [1.165, 1.54) is 30.3 Å². The molecule has 0 aliphatic rings. The number of esters is 1. The van der Waals surface area contributed by atoms with Crippen LogP contribution in [0, 0.1) is 0 Å². The van der Waals surface area contributed by atoms with Crippen molar-refractivity contribution in [2.45, 2.75) is 4.90 Å². The van der Waals surface area contributed by atoms with E-state index in [2.05, 4.69) is 5.32 Å². The molecule has 0 unspecified atom stereocenters. The topological polar surface area (TPSA) is 125 Å². The minimum absolute atomic E-state index is 0.0815. The first-order chi connectivity index (χ1) is 14.3. The molecular weight excluding hydrogens is 408 g/mol. The van der Waals surface area contributed by atoms with Gasteiger partial charge in [-0.1, -0.05) is 30.3 Å². The minimum atomic E-state index is -3.82. The Balaban J connectivity index is 1.60. The molecule has 3 N–H and O–H groups in total. The Bertz CT molecular complexity index is 1150. The Morgan fingerprint density at radius 1 is 0.867 bits per heavy atom. The number of nitrogens with two attached hydrogens (primary N) is 1. The van der Waals surface area contributed by atoms with Gasteiger partial charge in [0.25, 0.3) is 5.91 Å². The van der Waals surface area contributed by atoms with Crippen LogP contribution in [0.5, 0.6) is 11.5 Å². The lowest BCUT2D eigenvalue weighted by Gasteiger charge is -2.11. The van der Waals surface area contributed by atoms with Gasteiger partial charge in [0.05, 0.1) is 4.90 Å². The van der Waals surface area contributed by atoms with Gasteiger partial charge in [0.2, 0.25) is 10.0 Å². The molecule has 0 saturated carbocycles. The van der Waals surface area contributed by atoms with E-state index in [4.69, 9.17) is 14.6 Å². The molecule has 154 valence electrons. The van der Waals surface area contributed by atoms with Gasteiger partial charge in [0.15, 0.2) is 6.61 Å². The van der Waals surface area contributed by atoms with Gasteiger partial charge in [0, 0.05) is 5.69 Å². The first kappa shape index (κ1) is 21.0. The van der Waals surface area contributed by atoms with Crippen LogP contribution in [0.2, 0.25) is 0 Å². The number of sulfonamides is 1. The number of carbonyl (C=O) groups excluding carboxylic acids is 2. The van der Waals surface area contributed by atoms with Gasteiger partial charge in [-0.25, -0.2) is 18.4 Å². The van der Waals surface area contributed by atoms with Crippen molar-refractivity contribution in [2.24, 2.45) is 5.14 Å². The molecule has 8 nitrogen and oxygen atoms in total. The summed E-state index contributed by atoms with van der Waals surface area (Å²) in [6, 6.07) is 20.7. The van der Waals surface area contributed by atoms with Gasteiger partial charge in [-0.15, -0.1) is 0 Å². The van der Waals surface area contributed by atoms with Crippen LogP contribution in [0.4, 0.5) is 5.69 Å². The number of benzene rings is 3. The number of ether oxygens (including phenoxy) is 2. The maximum Gasteiger partial charge on any atom is 0.342 e. The zero-order valence-corrected chi connectivity index (χ0v) is 16.5. The van der Waals surface area contributed by atoms with E-state index in [0.29, 0.717) is 17.2 Å². The molecule has 0 atom stereocenters. The summed E-state index contributed by atoms with van der Waals surface area (Å²) < 4.78 is 33.3. The molecule has 0 bridgehead atoms. The molecule has 0 fully saturated rings. The van der Waals surface area contributed by atoms with Gasteiger partial charge < -0.3 is 14.8 Å². The van der Waals surface area contributed by atoms with Crippen molar-refractivity contribution in [3.63, 3.8) is 0 Å². The summed E-state index contributed by atoms with van der Waals surface area (Å²) in [6.07, 6.45) is 0. The fraction of sp³-hybridized carbons (Fsp3) is 0.0476.